The van der Waals surface area contributed by atoms with Crippen LogP contribution in [-0.2, 0) is 5.41 Å². The lowest BCUT2D eigenvalue weighted by molar-refractivity contribution is 0.757. The van der Waals surface area contributed by atoms with Crippen molar-refractivity contribution in [1.29, 1.82) is 0 Å². The smallest absolute Gasteiger partial charge is 0.164 e. The quantitative estimate of drug-likeness (QED) is 0.179. The van der Waals surface area contributed by atoms with Gasteiger partial charge in [-0.1, -0.05) is 182 Å². The van der Waals surface area contributed by atoms with E-state index < -0.39 is 5.41 Å². The van der Waals surface area contributed by atoms with Gasteiger partial charge in [0.05, 0.1) is 11.1 Å². The Bertz CT molecular complexity index is 2780. The molecule has 0 bridgehead atoms. The molecule has 5 heteroatoms. The van der Waals surface area contributed by atoms with Gasteiger partial charge in [0.25, 0.3) is 0 Å². The number of aromatic nitrogens is 5. The molecule has 0 unspecified atom stereocenters. The molecule has 55 heavy (non-hydrogen) atoms. The minimum atomic E-state index is -0.499. The molecular formula is C50H31N5. The van der Waals surface area contributed by atoms with E-state index in [-0.39, 0.29) is 0 Å². The van der Waals surface area contributed by atoms with Crippen molar-refractivity contribution < 1.29 is 0 Å². The molecule has 0 saturated carbocycles. The van der Waals surface area contributed by atoms with E-state index in [1.807, 2.05) is 66.9 Å². The van der Waals surface area contributed by atoms with Gasteiger partial charge in [-0.2, -0.15) is 0 Å². The zero-order chi connectivity index (χ0) is 36.3. The van der Waals surface area contributed by atoms with Crippen molar-refractivity contribution in [2.75, 3.05) is 0 Å². The third-order valence-electron chi connectivity index (χ3n) is 11.0. The van der Waals surface area contributed by atoms with Crippen LogP contribution in [0.25, 0.3) is 78.9 Å². The Morgan fingerprint density at radius 1 is 0.273 bits per heavy atom. The van der Waals surface area contributed by atoms with Gasteiger partial charge in [-0.05, 0) is 44.5 Å². The molecule has 0 radical (unpaired) electrons. The van der Waals surface area contributed by atoms with Gasteiger partial charge in [0.1, 0.15) is 0 Å². The molecule has 2 heterocycles. The minimum Gasteiger partial charge on any atom is -0.236 e. The van der Waals surface area contributed by atoms with Crippen molar-refractivity contribution in [3.05, 3.63) is 211 Å². The Kier molecular flexibility index (Phi) is 7.01. The van der Waals surface area contributed by atoms with E-state index >= 15 is 0 Å². The van der Waals surface area contributed by atoms with Crippen LogP contribution in [0.5, 0.6) is 0 Å². The fraction of sp³-hybridized carbons (Fsp3) is 0.0200. The van der Waals surface area contributed by atoms with E-state index in [1.165, 1.54) is 33.4 Å². The SMILES string of the molecule is c1ccc(-c2nc(-c3ccccc3)nc(-c3ccc(-c4ccc(-c5ncc6c(n5)C5(c7ccccc7-c7ccccc75)c5ccccc5-6)cc4)cc3)n2)cc1. The van der Waals surface area contributed by atoms with Crippen LogP contribution in [0.1, 0.15) is 22.4 Å². The standard InChI is InChI=1S/C50H31N5/c1-3-13-34(14-4-1)47-53-48(35-15-5-2-6-16-35)55-49(54-47)37-29-25-33(26-30-37)32-23-27-36(28-24-32)46-51-31-41-40-19-9-12-22-44(40)50(45(41)52-46)42-20-10-7-17-38(42)39-18-8-11-21-43(39)50/h1-31H. The molecule has 2 aliphatic carbocycles. The molecule has 0 N–H and O–H groups in total. The molecule has 2 aromatic heterocycles. The topological polar surface area (TPSA) is 64.5 Å². The first-order chi connectivity index (χ1) is 27.3. The van der Waals surface area contributed by atoms with Crippen molar-refractivity contribution in [1.82, 2.24) is 24.9 Å². The monoisotopic (exact) mass is 701 g/mol. The Morgan fingerprint density at radius 3 is 1.07 bits per heavy atom. The fourth-order valence-electron chi connectivity index (χ4n) is 8.52. The van der Waals surface area contributed by atoms with Gasteiger partial charge in [0.15, 0.2) is 23.3 Å². The molecule has 0 amide bonds. The molecule has 7 aromatic carbocycles. The van der Waals surface area contributed by atoms with Crippen LogP contribution in [0.3, 0.4) is 0 Å². The molecule has 5 nitrogen and oxygen atoms in total. The summed E-state index contributed by atoms with van der Waals surface area (Å²) >= 11 is 0. The first-order valence-electron chi connectivity index (χ1n) is 18.5. The van der Waals surface area contributed by atoms with Crippen LogP contribution in [-0.4, -0.2) is 24.9 Å². The Morgan fingerprint density at radius 2 is 0.618 bits per heavy atom. The second kappa shape index (κ2) is 12.4. The first-order valence-corrected chi connectivity index (χ1v) is 18.5. The maximum absolute atomic E-state index is 5.45. The predicted molar refractivity (Wildman–Crippen MR) is 219 cm³/mol. The molecule has 0 atom stereocenters. The minimum absolute atomic E-state index is 0.499. The summed E-state index contributed by atoms with van der Waals surface area (Å²) in [4.78, 5) is 25.0. The number of nitrogens with zero attached hydrogens (tertiary/aromatic N) is 5. The van der Waals surface area contributed by atoms with Crippen LogP contribution in [0, 0.1) is 0 Å². The summed E-state index contributed by atoms with van der Waals surface area (Å²) in [6.45, 7) is 0. The van der Waals surface area contributed by atoms with Gasteiger partial charge >= 0.3 is 0 Å². The maximum Gasteiger partial charge on any atom is 0.164 e. The van der Waals surface area contributed by atoms with E-state index in [2.05, 4.69) is 121 Å². The second-order valence-electron chi connectivity index (χ2n) is 14.0. The van der Waals surface area contributed by atoms with Gasteiger partial charge in [0.2, 0.25) is 0 Å². The summed E-state index contributed by atoms with van der Waals surface area (Å²) in [7, 11) is 0. The van der Waals surface area contributed by atoms with Crippen molar-refractivity contribution in [2.24, 2.45) is 0 Å². The summed E-state index contributed by atoms with van der Waals surface area (Å²) in [5.74, 6) is 2.65. The van der Waals surface area contributed by atoms with Crippen molar-refractivity contribution in [3.8, 4) is 78.9 Å². The summed E-state index contributed by atoms with van der Waals surface area (Å²) in [6.07, 6.45) is 2.02. The normalized spacial score (nSPS) is 12.9. The lowest BCUT2D eigenvalue weighted by Crippen LogP contribution is -2.27. The second-order valence-corrected chi connectivity index (χ2v) is 14.0. The van der Waals surface area contributed by atoms with Crippen molar-refractivity contribution >= 4 is 0 Å². The highest BCUT2D eigenvalue weighted by molar-refractivity contribution is 5.94. The molecule has 0 saturated heterocycles. The highest BCUT2D eigenvalue weighted by Gasteiger charge is 2.53. The summed E-state index contributed by atoms with van der Waals surface area (Å²) in [5, 5.41) is 0. The Hall–Kier alpha value is -7.37. The molecule has 256 valence electrons. The highest BCUT2D eigenvalue weighted by atomic mass is 15.0. The van der Waals surface area contributed by atoms with Crippen molar-refractivity contribution in [3.63, 3.8) is 0 Å². The van der Waals surface area contributed by atoms with E-state index in [0.29, 0.717) is 23.3 Å². The average Bonchev–Trinajstić information content (AvgIpc) is 3.74. The number of fused-ring (bicyclic) bond motifs is 10. The Labute approximate surface area is 318 Å². The molecule has 1 spiro atoms. The van der Waals surface area contributed by atoms with Crippen LogP contribution in [0.15, 0.2) is 188 Å². The molecular weight excluding hydrogens is 671 g/mol. The zero-order valence-corrected chi connectivity index (χ0v) is 29.6. The molecule has 9 aromatic rings. The Balaban J connectivity index is 0.947. The van der Waals surface area contributed by atoms with Gasteiger partial charge in [-0.25, -0.2) is 24.9 Å². The third kappa shape index (κ3) is 4.83. The van der Waals surface area contributed by atoms with E-state index in [9.17, 15) is 0 Å². The van der Waals surface area contributed by atoms with E-state index in [4.69, 9.17) is 24.9 Å². The summed E-state index contributed by atoms with van der Waals surface area (Å²) in [5.41, 5.74) is 15.2. The molecule has 2 aliphatic rings. The fourth-order valence-corrected chi connectivity index (χ4v) is 8.52. The van der Waals surface area contributed by atoms with Gasteiger partial charge in [0, 0.05) is 34.0 Å². The zero-order valence-electron chi connectivity index (χ0n) is 29.6. The van der Waals surface area contributed by atoms with E-state index in [0.717, 1.165) is 44.6 Å². The van der Waals surface area contributed by atoms with Gasteiger partial charge in [-0.3, -0.25) is 0 Å². The van der Waals surface area contributed by atoms with Crippen molar-refractivity contribution in [2.45, 2.75) is 5.41 Å². The van der Waals surface area contributed by atoms with Gasteiger partial charge < -0.3 is 0 Å². The van der Waals surface area contributed by atoms with Crippen LogP contribution < -0.4 is 0 Å². The number of hydrogen-bond donors (Lipinski definition) is 0. The maximum atomic E-state index is 5.45. The highest BCUT2D eigenvalue weighted by Crippen LogP contribution is 2.62. The summed E-state index contributed by atoms with van der Waals surface area (Å²) < 4.78 is 0. The van der Waals surface area contributed by atoms with Crippen LogP contribution >= 0.6 is 0 Å². The lowest BCUT2D eigenvalue weighted by atomic mass is 9.72. The number of hydrogen-bond acceptors (Lipinski definition) is 5. The van der Waals surface area contributed by atoms with Crippen LogP contribution in [0.2, 0.25) is 0 Å². The molecule has 11 rings (SSSR count). The predicted octanol–water partition coefficient (Wildman–Crippen LogP) is 11.3. The first kappa shape index (κ1) is 31.2. The lowest BCUT2D eigenvalue weighted by Gasteiger charge is -2.29. The number of benzene rings is 7. The van der Waals surface area contributed by atoms with E-state index in [1.54, 1.807) is 0 Å². The largest absolute Gasteiger partial charge is 0.236 e. The molecule has 0 fully saturated rings. The summed E-state index contributed by atoms with van der Waals surface area (Å²) in [6, 6.07) is 63.4. The third-order valence-corrected chi connectivity index (χ3v) is 11.0. The van der Waals surface area contributed by atoms with Crippen LogP contribution in [0.4, 0.5) is 0 Å². The number of rotatable bonds is 5. The van der Waals surface area contributed by atoms with Gasteiger partial charge in [-0.15, -0.1) is 0 Å². The molecule has 0 aliphatic heterocycles. The average molecular weight is 702 g/mol.